The molecule has 7 rings (SSSR count). The van der Waals surface area contributed by atoms with Crippen molar-refractivity contribution in [1.29, 1.82) is 0 Å². The minimum absolute atomic E-state index is 0.793. The highest BCUT2D eigenvalue weighted by Crippen LogP contribution is 2.44. The topological polar surface area (TPSA) is 44.7 Å². The number of nitrogens with one attached hydrogen (secondary N) is 2. The first-order valence-electron chi connectivity index (χ1n) is 13.1. The lowest BCUT2D eigenvalue weighted by atomic mass is 9.96. The monoisotopic (exact) mass is 502 g/mol. The van der Waals surface area contributed by atoms with Crippen molar-refractivity contribution in [1.82, 2.24) is 9.97 Å². The smallest absolute Gasteiger partial charge is 0.151 e. The molecule has 0 amide bonds. The lowest BCUT2D eigenvalue weighted by Gasteiger charge is -2.08. The molecule has 0 saturated heterocycles. The highest BCUT2D eigenvalue weighted by Gasteiger charge is 2.22. The van der Waals surface area contributed by atoms with E-state index >= 15 is 0 Å². The second-order valence-electron chi connectivity index (χ2n) is 9.53. The maximum absolute atomic E-state index is 6.62. The third-order valence-electron chi connectivity index (χ3n) is 7.15. The Morgan fingerprint density at radius 1 is 0.359 bits per heavy atom. The van der Waals surface area contributed by atoms with Crippen molar-refractivity contribution in [3.63, 3.8) is 0 Å². The summed E-state index contributed by atoms with van der Waals surface area (Å²) in [4.78, 5) is 7.05. The van der Waals surface area contributed by atoms with E-state index in [1.165, 1.54) is 0 Å². The van der Waals surface area contributed by atoms with Crippen molar-refractivity contribution in [2.45, 2.75) is 0 Å². The third kappa shape index (κ3) is 4.20. The maximum Gasteiger partial charge on any atom is 0.151 e. The summed E-state index contributed by atoms with van der Waals surface area (Å²) in [5.74, 6) is 1.59. The summed E-state index contributed by atoms with van der Waals surface area (Å²) in [5, 5.41) is 0. The number of hydrogen-bond acceptors (Lipinski definition) is 1. The van der Waals surface area contributed by atoms with Gasteiger partial charge in [0, 0.05) is 34.6 Å². The van der Waals surface area contributed by atoms with Gasteiger partial charge in [0.2, 0.25) is 0 Å². The Balaban J connectivity index is 1.37. The lowest BCUT2D eigenvalue weighted by Crippen LogP contribution is -1.84. The van der Waals surface area contributed by atoms with E-state index in [1.54, 1.807) is 0 Å². The molecule has 0 aliphatic carbocycles. The molecule has 3 nitrogen and oxygen atoms in total. The SMILES string of the molecule is c1ccc(-c2c[nH]c(-c3ccc(-c4[nH]cc(-c5ccccc5)c4-c4ccccc4)o3)c2-c2ccccc2)cc1. The van der Waals surface area contributed by atoms with Crippen molar-refractivity contribution in [3.8, 4) is 67.4 Å². The molecule has 0 aliphatic rings. The minimum Gasteiger partial charge on any atom is -0.453 e. The molecular weight excluding hydrogens is 476 g/mol. The van der Waals surface area contributed by atoms with Crippen molar-refractivity contribution >= 4 is 0 Å². The predicted octanol–water partition coefficient (Wildman–Crippen LogP) is 9.94. The van der Waals surface area contributed by atoms with Crippen molar-refractivity contribution in [2.24, 2.45) is 0 Å². The molecule has 7 aromatic rings. The summed E-state index contributed by atoms with van der Waals surface area (Å²) < 4.78 is 6.62. The van der Waals surface area contributed by atoms with E-state index in [0.717, 1.165) is 67.4 Å². The average molecular weight is 503 g/mol. The molecule has 0 unspecified atom stereocenters. The lowest BCUT2D eigenvalue weighted by molar-refractivity contribution is 0.594. The highest BCUT2D eigenvalue weighted by molar-refractivity contribution is 5.95. The molecule has 186 valence electrons. The first-order valence-corrected chi connectivity index (χ1v) is 13.1. The standard InChI is InChI=1S/C36H26N2O/c1-5-13-25(14-6-1)29-23-37-35(33(29)27-17-9-3-10-18-27)31-21-22-32(39-31)36-34(28-19-11-4-12-20-28)30(24-38-36)26-15-7-2-8-16-26/h1-24,37-38H. The number of rotatable bonds is 6. The van der Waals surface area contributed by atoms with Crippen LogP contribution in [0, 0.1) is 0 Å². The Bertz CT molecular complexity index is 1690. The Labute approximate surface area is 227 Å². The quantitative estimate of drug-likeness (QED) is 0.233. The number of hydrogen-bond donors (Lipinski definition) is 2. The molecule has 3 heterocycles. The van der Waals surface area contributed by atoms with Crippen LogP contribution in [0.5, 0.6) is 0 Å². The molecule has 0 saturated carbocycles. The summed E-state index contributed by atoms with van der Waals surface area (Å²) in [6.07, 6.45) is 4.15. The number of furan rings is 1. The van der Waals surface area contributed by atoms with Crippen LogP contribution in [0.3, 0.4) is 0 Å². The summed E-state index contributed by atoms with van der Waals surface area (Å²) in [6.45, 7) is 0. The van der Waals surface area contributed by atoms with E-state index in [1.807, 2.05) is 24.3 Å². The van der Waals surface area contributed by atoms with Gasteiger partial charge in [0.1, 0.15) is 0 Å². The second kappa shape index (κ2) is 9.88. The fraction of sp³-hybridized carbons (Fsp3) is 0. The van der Waals surface area contributed by atoms with Gasteiger partial charge in [0.05, 0.1) is 11.4 Å². The molecule has 2 N–H and O–H groups in total. The van der Waals surface area contributed by atoms with Gasteiger partial charge in [-0.05, 0) is 34.4 Å². The van der Waals surface area contributed by atoms with Gasteiger partial charge in [-0.1, -0.05) is 121 Å². The van der Waals surface area contributed by atoms with Crippen molar-refractivity contribution < 1.29 is 4.42 Å². The normalized spacial score (nSPS) is 11.1. The van der Waals surface area contributed by atoms with E-state index in [0.29, 0.717) is 0 Å². The molecule has 3 aromatic heterocycles. The van der Waals surface area contributed by atoms with Crippen molar-refractivity contribution in [3.05, 3.63) is 146 Å². The van der Waals surface area contributed by atoms with Crippen LogP contribution < -0.4 is 0 Å². The summed E-state index contributed by atoms with van der Waals surface area (Å²) in [7, 11) is 0. The van der Waals surface area contributed by atoms with E-state index in [9.17, 15) is 0 Å². The van der Waals surface area contributed by atoms with Crippen LogP contribution in [0.2, 0.25) is 0 Å². The van der Waals surface area contributed by atoms with Gasteiger partial charge in [-0.2, -0.15) is 0 Å². The van der Waals surface area contributed by atoms with Gasteiger partial charge in [-0.15, -0.1) is 0 Å². The Hall–Kier alpha value is -5.28. The molecule has 0 aliphatic heterocycles. The van der Waals surface area contributed by atoms with E-state index in [4.69, 9.17) is 4.42 Å². The summed E-state index contributed by atoms with van der Waals surface area (Å²) in [6, 6.07) is 46.0. The fourth-order valence-corrected chi connectivity index (χ4v) is 5.34. The Morgan fingerprint density at radius 2 is 0.692 bits per heavy atom. The first kappa shape index (κ1) is 22.9. The predicted molar refractivity (Wildman–Crippen MR) is 160 cm³/mol. The maximum atomic E-state index is 6.62. The number of aromatic nitrogens is 2. The highest BCUT2D eigenvalue weighted by atomic mass is 16.3. The zero-order chi connectivity index (χ0) is 26.0. The van der Waals surface area contributed by atoms with Crippen LogP contribution >= 0.6 is 0 Å². The van der Waals surface area contributed by atoms with E-state index < -0.39 is 0 Å². The van der Waals surface area contributed by atoms with Gasteiger partial charge >= 0.3 is 0 Å². The van der Waals surface area contributed by atoms with Crippen LogP contribution in [-0.4, -0.2) is 9.97 Å². The third-order valence-corrected chi connectivity index (χ3v) is 7.15. The largest absolute Gasteiger partial charge is 0.453 e. The van der Waals surface area contributed by atoms with Gasteiger partial charge < -0.3 is 14.4 Å². The van der Waals surface area contributed by atoms with Gasteiger partial charge in [-0.3, -0.25) is 0 Å². The molecule has 4 aromatic carbocycles. The van der Waals surface area contributed by atoms with E-state index in [2.05, 4.69) is 132 Å². The fourth-order valence-electron chi connectivity index (χ4n) is 5.34. The Kier molecular flexibility index (Phi) is 5.80. The molecule has 0 fully saturated rings. The van der Waals surface area contributed by atoms with Crippen LogP contribution in [0.15, 0.2) is 150 Å². The van der Waals surface area contributed by atoms with Crippen LogP contribution in [0.4, 0.5) is 0 Å². The molecule has 39 heavy (non-hydrogen) atoms. The number of H-pyrrole nitrogens is 2. The second-order valence-corrected chi connectivity index (χ2v) is 9.53. The first-order chi connectivity index (χ1) is 19.4. The van der Waals surface area contributed by atoms with Crippen molar-refractivity contribution in [2.75, 3.05) is 0 Å². The molecule has 0 spiro atoms. The summed E-state index contributed by atoms with van der Waals surface area (Å²) in [5.41, 5.74) is 11.1. The van der Waals surface area contributed by atoms with Crippen LogP contribution in [0.25, 0.3) is 67.4 Å². The molecule has 0 radical (unpaired) electrons. The molecule has 3 heteroatoms. The van der Waals surface area contributed by atoms with Gasteiger partial charge in [0.25, 0.3) is 0 Å². The summed E-state index contributed by atoms with van der Waals surface area (Å²) >= 11 is 0. The Morgan fingerprint density at radius 3 is 1.05 bits per heavy atom. The molecular formula is C36H26N2O. The van der Waals surface area contributed by atoms with Gasteiger partial charge in [0.15, 0.2) is 11.5 Å². The average Bonchev–Trinajstić information content (AvgIpc) is 3.77. The van der Waals surface area contributed by atoms with E-state index in [-0.39, 0.29) is 0 Å². The molecule has 0 bridgehead atoms. The molecule has 0 atom stereocenters. The minimum atomic E-state index is 0.793. The zero-order valence-electron chi connectivity index (χ0n) is 21.3. The zero-order valence-corrected chi connectivity index (χ0v) is 21.3. The number of aromatic amines is 2. The van der Waals surface area contributed by atoms with Crippen LogP contribution in [-0.2, 0) is 0 Å². The number of benzene rings is 4. The van der Waals surface area contributed by atoms with Crippen LogP contribution in [0.1, 0.15) is 0 Å². The van der Waals surface area contributed by atoms with Gasteiger partial charge in [-0.25, -0.2) is 0 Å².